The van der Waals surface area contributed by atoms with E-state index in [4.69, 9.17) is 9.47 Å². The Morgan fingerprint density at radius 2 is 1.73 bits per heavy atom. The predicted molar refractivity (Wildman–Crippen MR) is 87.4 cm³/mol. The van der Waals surface area contributed by atoms with Crippen LogP contribution < -0.4 is 4.46 Å². The summed E-state index contributed by atoms with van der Waals surface area (Å²) in [4.78, 5) is 0. The molecule has 0 bridgehead atoms. The molecule has 0 aromatic heterocycles. The molecular formula is C18H20O3Se. The van der Waals surface area contributed by atoms with Gasteiger partial charge in [-0.15, -0.1) is 0 Å². The van der Waals surface area contributed by atoms with Crippen molar-refractivity contribution in [1.29, 1.82) is 0 Å². The molecule has 3 nitrogen and oxygen atoms in total. The van der Waals surface area contributed by atoms with Gasteiger partial charge in [-0.3, -0.25) is 0 Å². The molecule has 0 saturated carbocycles. The van der Waals surface area contributed by atoms with Gasteiger partial charge in [0.2, 0.25) is 0 Å². The third-order valence-corrected chi connectivity index (χ3v) is 5.98. The van der Waals surface area contributed by atoms with E-state index in [1.807, 2.05) is 36.4 Å². The van der Waals surface area contributed by atoms with E-state index in [9.17, 15) is 5.11 Å². The molecule has 2 aromatic rings. The Kier molecular flexibility index (Phi) is 5.65. The molecule has 22 heavy (non-hydrogen) atoms. The van der Waals surface area contributed by atoms with Gasteiger partial charge in [-0.05, 0) is 0 Å². The van der Waals surface area contributed by atoms with Gasteiger partial charge >= 0.3 is 137 Å². The van der Waals surface area contributed by atoms with Gasteiger partial charge in [0.05, 0.1) is 0 Å². The minimum absolute atomic E-state index is 0.0149. The van der Waals surface area contributed by atoms with Crippen LogP contribution in [0.3, 0.4) is 0 Å². The van der Waals surface area contributed by atoms with Crippen LogP contribution in [0, 0.1) is 0 Å². The van der Waals surface area contributed by atoms with Crippen LogP contribution in [0.5, 0.6) is 0 Å². The zero-order valence-electron chi connectivity index (χ0n) is 12.3. The van der Waals surface area contributed by atoms with Gasteiger partial charge in [0.25, 0.3) is 0 Å². The number of ether oxygens (including phenoxy) is 2. The van der Waals surface area contributed by atoms with Crippen LogP contribution in [0.25, 0.3) is 0 Å². The van der Waals surface area contributed by atoms with E-state index >= 15 is 0 Å². The Morgan fingerprint density at radius 1 is 1.05 bits per heavy atom. The zero-order chi connectivity index (χ0) is 15.2. The molecule has 0 aliphatic carbocycles. The Hall–Kier alpha value is -1.16. The van der Waals surface area contributed by atoms with Crippen molar-refractivity contribution >= 4 is 19.4 Å². The number of aliphatic hydroxyl groups excluding tert-OH is 1. The van der Waals surface area contributed by atoms with Crippen LogP contribution in [0.15, 0.2) is 60.7 Å². The van der Waals surface area contributed by atoms with Gasteiger partial charge in [0, 0.05) is 0 Å². The summed E-state index contributed by atoms with van der Waals surface area (Å²) in [7, 11) is 0. The van der Waals surface area contributed by atoms with E-state index in [0.717, 1.165) is 10.9 Å². The maximum absolute atomic E-state index is 10.1. The first kappa shape index (κ1) is 15.7. The van der Waals surface area contributed by atoms with Crippen molar-refractivity contribution in [2.24, 2.45) is 0 Å². The number of aliphatic hydroxyl groups is 1. The van der Waals surface area contributed by atoms with Crippen molar-refractivity contribution in [2.75, 3.05) is 6.61 Å². The predicted octanol–water partition coefficient (Wildman–Crippen LogP) is 1.78. The fraction of sp³-hybridized carbons (Fsp3) is 0.333. The van der Waals surface area contributed by atoms with Crippen LogP contribution in [-0.4, -0.2) is 45.0 Å². The van der Waals surface area contributed by atoms with E-state index in [1.165, 1.54) is 4.46 Å². The number of rotatable bonds is 6. The summed E-state index contributed by atoms with van der Waals surface area (Å²) < 4.78 is 13.0. The molecule has 1 aliphatic rings. The first-order chi connectivity index (χ1) is 10.8. The van der Waals surface area contributed by atoms with Crippen molar-refractivity contribution in [3.8, 4) is 0 Å². The number of hydrogen-bond donors (Lipinski definition) is 1. The number of hydrogen-bond acceptors (Lipinski definition) is 3. The van der Waals surface area contributed by atoms with Crippen LogP contribution in [0.1, 0.15) is 5.56 Å². The Bertz CT molecular complexity index is 561. The summed E-state index contributed by atoms with van der Waals surface area (Å²) >= 11 is 0.338. The Morgan fingerprint density at radius 3 is 2.45 bits per heavy atom. The second-order valence-electron chi connectivity index (χ2n) is 5.32. The van der Waals surface area contributed by atoms with E-state index in [2.05, 4.69) is 24.3 Å². The van der Waals surface area contributed by atoms with Crippen LogP contribution in [0.2, 0.25) is 5.32 Å². The molecule has 0 radical (unpaired) electrons. The zero-order valence-corrected chi connectivity index (χ0v) is 14.0. The topological polar surface area (TPSA) is 38.7 Å². The maximum atomic E-state index is 10.1. The number of benzene rings is 2. The molecular weight excluding hydrogens is 343 g/mol. The molecule has 0 unspecified atom stereocenters. The molecule has 1 N–H and O–H groups in total. The van der Waals surface area contributed by atoms with Gasteiger partial charge in [-0.2, -0.15) is 0 Å². The summed E-state index contributed by atoms with van der Waals surface area (Å²) in [5, 5.41) is 11.0. The van der Waals surface area contributed by atoms with Crippen molar-refractivity contribution in [3.63, 3.8) is 0 Å². The summed E-state index contributed by atoms with van der Waals surface area (Å²) in [5.74, 6) is 0. The molecule has 4 heteroatoms. The third-order valence-electron chi connectivity index (χ3n) is 3.67. The average molecular weight is 363 g/mol. The van der Waals surface area contributed by atoms with Gasteiger partial charge in [-0.25, -0.2) is 0 Å². The fourth-order valence-electron chi connectivity index (χ4n) is 2.48. The van der Waals surface area contributed by atoms with E-state index in [1.54, 1.807) is 0 Å². The quantitative estimate of drug-likeness (QED) is 0.796. The van der Waals surface area contributed by atoms with Crippen molar-refractivity contribution < 1.29 is 14.6 Å². The summed E-state index contributed by atoms with van der Waals surface area (Å²) in [5.41, 5.74) is 1.12. The molecule has 0 amide bonds. The van der Waals surface area contributed by atoms with Gasteiger partial charge in [-0.1, -0.05) is 0 Å². The third kappa shape index (κ3) is 4.19. The van der Waals surface area contributed by atoms with E-state index < -0.39 is 6.10 Å². The second-order valence-corrected chi connectivity index (χ2v) is 7.62. The molecule has 2 aromatic carbocycles. The molecule has 116 valence electrons. The molecule has 3 atom stereocenters. The molecule has 1 saturated heterocycles. The first-order valence-corrected chi connectivity index (χ1v) is 9.53. The Balaban J connectivity index is 1.54. The summed E-state index contributed by atoms with van der Waals surface area (Å²) in [6.45, 7) is 0.885. The molecule has 3 rings (SSSR count). The van der Waals surface area contributed by atoms with Crippen molar-refractivity contribution in [2.45, 2.75) is 30.2 Å². The van der Waals surface area contributed by atoms with Crippen LogP contribution in [0.4, 0.5) is 0 Å². The fourth-order valence-corrected chi connectivity index (χ4v) is 4.56. The minimum atomic E-state index is -0.528. The van der Waals surface area contributed by atoms with Gasteiger partial charge in [0.1, 0.15) is 0 Å². The second kappa shape index (κ2) is 7.91. The SMILES string of the molecule is O[C@@H]1CO[C@H](C[Se]c2ccccc2)[C@@H]1OCc1ccccc1. The molecule has 1 heterocycles. The van der Waals surface area contributed by atoms with Gasteiger partial charge < -0.3 is 0 Å². The van der Waals surface area contributed by atoms with Crippen LogP contribution in [-0.2, 0) is 16.1 Å². The standard InChI is InChI=1S/C18H20O3Se/c19-16-12-20-17(13-22-15-9-5-2-6-10-15)18(16)21-11-14-7-3-1-4-8-14/h1-10,16-19H,11-13H2/t16-,17-,18-/m1/s1. The Labute approximate surface area is 137 Å². The van der Waals surface area contributed by atoms with E-state index in [-0.39, 0.29) is 12.2 Å². The van der Waals surface area contributed by atoms with Crippen molar-refractivity contribution in [3.05, 3.63) is 66.2 Å². The average Bonchev–Trinajstić information content (AvgIpc) is 2.93. The summed E-state index contributed by atoms with van der Waals surface area (Å²) in [6, 6.07) is 20.5. The molecule has 1 aliphatic heterocycles. The molecule has 0 spiro atoms. The van der Waals surface area contributed by atoms with Crippen molar-refractivity contribution in [1.82, 2.24) is 0 Å². The normalized spacial score (nSPS) is 24.5. The first-order valence-electron chi connectivity index (χ1n) is 7.46. The monoisotopic (exact) mass is 364 g/mol. The van der Waals surface area contributed by atoms with E-state index in [0.29, 0.717) is 28.2 Å². The summed E-state index contributed by atoms with van der Waals surface area (Å²) in [6.07, 6.45) is -0.773. The van der Waals surface area contributed by atoms with Gasteiger partial charge in [0.15, 0.2) is 0 Å². The molecule has 1 fully saturated rings. The van der Waals surface area contributed by atoms with Crippen LogP contribution >= 0.6 is 0 Å².